The van der Waals surface area contributed by atoms with Crippen LogP contribution in [-0.4, -0.2) is 23.1 Å². The summed E-state index contributed by atoms with van der Waals surface area (Å²) in [6.45, 7) is 0.406. The lowest BCUT2D eigenvalue weighted by molar-refractivity contribution is -0.122. The van der Waals surface area contributed by atoms with Crippen molar-refractivity contribution < 1.29 is 9.90 Å². The Morgan fingerprint density at radius 2 is 1.95 bits per heavy atom. The van der Waals surface area contributed by atoms with Crippen LogP contribution in [0.3, 0.4) is 0 Å². The standard InChI is InChI=1S/C16H22N2O2/c19-15-4-2-1-3-12(15)10-17-16(20)9-11-7-13-5-6-14(8-11)18-13/h1-4,11,13-14,18-19H,5-10H2,(H,17,20). The minimum atomic E-state index is 0.0968. The van der Waals surface area contributed by atoms with Crippen molar-refractivity contribution in [2.45, 2.75) is 50.7 Å². The molecule has 0 saturated carbocycles. The lowest BCUT2D eigenvalue weighted by Gasteiger charge is -2.28. The van der Waals surface area contributed by atoms with Gasteiger partial charge in [0.2, 0.25) is 5.91 Å². The Kier molecular flexibility index (Phi) is 3.92. The van der Waals surface area contributed by atoms with Gasteiger partial charge in [0.05, 0.1) is 0 Å². The van der Waals surface area contributed by atoms with Gasteiger partial charge in [0.1, 0.15) is 5.75 Å². The number of piperidine rings is 1. The number of nitrogens with one attached hydrogen (secondary N) is 2. The summed E-state index contributed by atoms with van der Waals surface area (Å²) >= 11 is 0. The number of phenolic OH excluding ortho intramolecular Hbond substituents is 1. The Morgan fingerprint density at radius 3 is 2.65 bits per heavy atom. The second-order valence-corrected chi connectivity index (χ2v) is 6.08. The van der Waals surface area contributed by atoms with E-state index in [0.29, 0.717) is 31.0 Å². The Bertz CT molecular complexity index is 477. The van der Waals surface area contributed by atoms with Crippen LogP contribution in [0.5, 0.6) is 5.75 Å². The van der Waals surface area contributed by atoms with Gasteiger partial charge in [-0.05, 0) is 37.7 Å². The van der Waals surface area contributed by atoms with Gasteiger partial charge in [-0.1, -0.05) is 18.2 Å². The third-order valence-electron chi connectivity index (χ3n) is 4.51. The quantitative estimate of drug-likeness (QED) is 0.786. The summed E-state index contributed by atoms with van der Waals surface area (Å²) in [7, 11) is 0. The molecule has 0 radical (unpaired) electrons. The van der Waals surface area contributed by atoms with Gasteiger partial charge >= 0.3 is 0 Å². The average molecular weight is 274 g/mol. The van der Waals surface area contributed by atoms with Crippen molar-refractivity contribution in [2.75, 3.05) is 0 Å². The fourth-order valence-electron chi connectivity index (χ4n) is 3.53. The van der Waals surface area contributed by atoms with Crippen LogP contribution in [0.2, 0.25) is 0 Å². The van der Waals surface area contributed by atoms with Crippen molar-refractivity contribution in [1.82, 2.24) is 10.6 Å². The highest BCUT2D eigenvalue weighted by atomic mass is 16.3. The van der Waals surface area contributed by atoms with Crippen LogP contribution >= 0.6 is 0 Å². The maximum absolute atomic E-state index is 12.0. The number of phenols is 1. The SMILES string of the molecule is O=C(CC1CC2CCC(C1)N2)NCc1ccccc1O. The molecule has 1 aromatic rings. The van der Waals surface area contributed by atoms with Crippen molar-refractivity contribution in [3.05, 3.63) is 29.8 Å². The van der Waals surface area contributed by atoms with Crippen LogP contribution in [0.4, 0.5) is 0 Å². The summed E-state index contributed by atoms with van der Waals surface area (Å²) in [6, 6.07) is 8.39. The first-order chi connectivity index (χ1) is 9.70. The maximum atomic E-state index is 12.0. The molecule has 2 bridgehead atoms. The van der Waals surface area contributed by atoms with E-state index in [2.05, 4.69) is 10.6 Å². The molecule has 2 aliphatic heterocycles. The summed E-state index contributed by atoms with van der Waals surface area (Å²) < 4.78 is 0. The first-order valence-corrected chi connectivity index (χ1v) is 7.50. The normalized spacial score (nSPS) is 28.3. The van der Waals surface area contributed by atoms with E-state index in [4.69, 9.17) is 0 Å². The first-order valence-electron chi connectivity index (χ1n) is 7.50. The Balaban J connectivity index is 1.47. The molecule has 1 amide bonds. The second kappa shape index (κ2) is 5.83. The Hall–Kier alpha value is -1.55. The van der Waals surface area contributed by atoms with Gasteiger partial charge in [-0.15, -0.1) is 0 Å². The number of hydrogen-bond acceptors (Lipinski definition) is 3. The molecule has 108 valence electrons. The minimum absolute atomic E-state index is 0.0968. The number of carbonyl (C=O) groups is 1. The van der Waals surface area contributed by atoms with E-state index in [-0.39, 0.29) is 11.7 Å². The maximum Gasteiger partial charge on any atom is 0.220 e. The number of hydrogen-bond donors (Lipinski definition) is 3. The Labute approximate surface area is 119 Å². The highest BCUT2D eigenvalue weighted by Crippen LogP contribution is 2.32. The van der Waals surface area contributed by atoms with Gasteiger partial charge in [-0.2, -0.15) is 0 Å². The van der Waals surface area contributed by atoms with Crippen LogP contribution in [-0.2, 0) is 11.3 Å². The first kappa shape index (κ1) is 13.4. The number of fused-ring (bicyclic) bond motifs is 2. The molecule has 2 fully saturated rings. The van der Waals surface area contributed by atoms with E-state index in [0.717, 1.165) is 18.4 Å². The van der Waals surface area contributed by atoms with E-state index in [9.17, 15) is 9.90 Å². The predicted molar refractivity (Wildman–Crippen MR) is 77.2 cm³/mol. The van der Waals surface area contributed by atoms with Crippen LogP contribution in [0.25, 0.3) is 0 Å². The number of rotatable bonds is 4. The summed E-state index contributed by atoms with van der Waals surface area (Å²) in [5.74, 6) is 0.852. The van der Waals surface area contributed by atoms with E-state index >= 15 is 0 Å². The van der Waals surface area contributed by atoms with Crippen LogP contribution < -0.4 is 10.6 Å². The zero-order valence-electron chi connectivity index (χ0n) is 11.6. The summed E-state index contributed by atoms with van der Waals surface area (Å²) in [4.78, 5) is 12.0. The zero-order valence-corrected chi connectivity index (χ0v) is 11.6. The molecule has 2 atom stereocenters. The summed E-state index contributed by atoms with van der Waals surface area (Å²) in [5.41, 5.74) is 0.770. The van der Waals surface area contributed by atoms with Gasteiger partial charge in [0, 0.05) is 30.6 Å². The van der Waals surface area contributed by atoms with Crippen molar-refractivity contribution in [3.63, 3.8) is 0 Å². The van der Waals surface area contributed by atoms with Gasteiger partial charge in [0.25, 0.3) is 0 Å². The van der Waals surface area contributed by atoms with Crippen molar-refractivity contribution in [2.24, 2.45) is 5.92 Å². The molecular formula is C16H22N2O2. The van der Waals surface area contributed by atoms with Gasteiger partial charge in [0.15, 0.2) is 0 Å². The number of carbonyl (C=O) groups excluding carboxylic acids is 1. The minimum Gasteiger partial charge on any atom is -0.508 e. The third kappa shape index (κ3) is 3.12. The van der Waals surface area contributed by atoms with Crippen molar-refractivity contribution >= 4 is 5.91 Å². The predicted octanol–water partition coefficient (Wildman–Crippen LogP) is 1.93. The van der Waals surface area contributed by atoms with E-state index in [1.807, 2.05) is 12.1 Å². The van der Waals surface area contributed by atoms with Crippen LogP contribution in [0, 0.1) is 5.92 Å². The molecule has 4 nitrogen and oxygen atoms in total. The van der Waals surface area contributed by atoms with Crippen molar-refractivity contribution in [1.29, 1.82) is 0 Å². The number of amides is 1. The molecule has 3 rings (SSSR count). The molecule has 3 N–H and O–H groups in total. The van der Waals surface area contributed by atoms with Crippen LogP contribution in [0.15, 0.2) is 24.3 Å². The van der Waals surface area contributed by atoms with E-state index in [1.165, 1.54) is 12.8 Å². The molecule has 20 heavy (non-hydrogen) atoms. The van der Waals surface area contributed by atoms with E-state index < -0.39 is 0 Å². The molecule has 2 aliphatic rings. The summed E-state index contributed by atoms with van der Waals surface area (Å²) in [6.07, 6.45) is 5.39. The van der Waals surface area contributed by atoms with Gasteiger partial charge in [-0.25, -0.2) is 0 Å². The highest BCUT2D eigenvalue weighted by molar-refractivity contribution is 5.76. The second-order valence-electron chi connectivity index (χ2n) is 6.08. The molecule has 0 aliphatic carbocycles. The number of benzene rings is 1. The fraction of sp³-hybridized carbons (Fsp3) is 0.562. The molecular weight excluding hydrogens is 252 g/mol. The van der Waals surface area contributed by atoms with Gasteiger partial charge in [-0.3, -0.25) is 4.79 Å². The fourth-order valence-corrected chi connectivity index (χ4v) is 3.53. The lowest BCUT2D eigenvalue weighted by Crippen LogP contribution is -2.39. The molecule has 4 heteroatoms. The number of para-hydroxylation sites is 1. The molecule has 2 saturated heterocycles. The topological polar surface area (TPSA) is 61.4 Å². The van der Waals surface area contributed by atoms with Crippen LogP contribution in [0.1, 0.15) is 37.7 Å². The zero-order chi connectivity index (χ0) is 13.9. The molecule has 2 unspecified atom stereocenters. The third-order valence-corrected chi connectivity index (χ3v) is 4.51. The molecule has 0 aromatic heterocycles. The largest absolute Gasteiger partial charge is 0.508 e. The average Bonchev–Trinajstić information content (AvgIpc) is 2.77. The van der Waals surface area contributed by atoms with E-state index in [1.54, 1.807) is 12.1 Å². The Morgan fingerprint density at radius 1 is 1.25 bits per heavy atom. The number of aromatic hydroxyl groups is 1. The molecule has 0 spiro atoms. The highest BCUT2D eigenvalue weighted by Gasteiger charge is 2.34. The lowest BCUT2D eigenvalue weighted by atomic mass is 9.89. The smallest absolute Gasteiger partial charge is 0.220 e. The van der Waals surface area contributed by atoms with Crippen molar-refractivity contribution in [3.8, 4) is 5.75 Å². The van der Waals surface area contributed by atoms with Gasteiger partial charge < -0.3 is 15.7 Å². The monoisotopic (exact) mass is 274 g/mol. The molecule has 1 aromatic carbocycles. The summed E-state index contributed by atoms with van der Waals surface area (Å²) in [5, 5.41) is 16.2. The molecule has 2 heterocycles.